The van der Waals surface area contributed by atoms with Gasteiger partial charge in [0.05, 0.1) is 11.1 Å². The van der Waals surface area contributed by atoms with Crippen LogP contribution >= 0.6 is 0 Å². The molecule has 0 atom stereocenters. The minimum absolute atomic E-state index is 0.139. The number of benzene rings is 2. The molecule has 0 spiro atoms. The van der Waals surface area contributed by atoms with Gasteiger partial charge < -0.3 is 5.32 Å². The van der Waals surface area contributed by atoms with E-state index in [2.05, 4.69) is 10.3 Å². The average molecular weight is 276 g/mol. The molecule has 21 heavy (non-hydrogen) atoms. The van der Waals surface area contributed by atoms with Crippen molar-refractivity contribution < 1.29 is 4.79 Å². The van der Waals surface area contributed by atoms with Crippen molar-refractivity contribution in [3.63, 3.8) is 0 Å². The molecule has 1 N–H and O–H groups in total. The number of para-hydroxylation sites is 1. The largest absolute Gasteiger partial charge is 0.322 e. The van der Waals surface area contributed by atoms with Crippen LogP contribution in [0.3, 0.4) is 0 Å². The van der Waals surface area contributed by atoms with Crippen LogP contribution in [0.15, 0.2) is 54.7 Å². The molecule has 0 aliphatic heterocycles. The molecule has 104 valence electrons. The number of nitrogens with one attached hydrogen (secondary N) is 1. The number of amides is 1. The molecule has 2 aromatic carbocycles. The van der Waals surface area contributed by atoms with E-state index in [1.54, 1.807) is 6.20 Å². The van der Waals surface area contributed by atoms with Gasteiger partial charge in [0.25, 0.3) is 5.91 Å². The van der Waals surface area contributed by atoms with Crippen LogP contribution in [-0.2, 0) is 0 Å². The van der Waals surface area contributed by atoms with Crippen molar-refractivity contribution in [3.8, 4) is 0 Å². The maximum Gasteiger partial charge on any atom is 0.257 e. The summed E-state index contributed by atoms with van der Waals surface area (Å²) in [5, 5.41) is 3.90. The summed E-state index contributed by atoms with van der Waals surface area (Å²) < 4.78 is 0. The highest BCUT2D eigenvalue weighted by molar-refractivity contribution is 6.06. The second-order valence-corrected chi connectivity index (χ2v) is 5.19. The number of carbonyl (C=O) groups excluding carboxylic acids is 1. The third-order valence-electron chi connectivity index (χ3n) is 3.48. The van der Waals surface area contributed by atoms with Crippen molar-refractivity contribution in [2.75, 3.05) is 5.32 Å². The number of hydrogen-bond donors (Lipinski definition) is 1. The highest BCUT2D eigenvalue weighted by atomic mass is 16.1. The Labute approximate surface area is 123 Å². The van der Waals surface area contributed by atoms with E-state index in [1.165, 1.54) is 5.56 Å². The van der Waals surface area contributed by atoms with E-state index in [0.29, 0.717) is 5.56 Å². The lowest BCUT2D eigenvalue weighted by Gasteiger charge is -2.09. The lowest BCUT2D eigenvalue weighted by Crippen LogP contribution is -2.13. The molecule has 3 aromatic rings. The predicted molar refractivity (Wildman–Crippen MR) is 85.6 cm³/mol. The Kier molecular flexibility index (Phi) is 3.40. The average Bonchev–Trinajstić information content (AvgIpc) is 2.49. The van der Waals surface area contributed by atoms with Gasteiger partial charge in [0.1, 0.15) is 0 Å². The van der Waals surface area contributed by atoms with Crippen LogP contribution in [0.5, 0.6) is 0 Å². The standard InChI is InChI=1S/C18H16N2O/c1-12-7-8-16(13(2)9-12)20-18(21)15-10-14-5-3-4-6-17(14)19-11-15/h3-11H,1-2H3,(H,20,21). The monoisotopic (exact) mass is 276 g/mol. The molecule has 0 bridgehead atoms. The van der Waals surface area contributed by atoms with Crippen LogP contribution in [0, 0.1) is 13.8 Å². The number of pyridine rings is 1. The highest BCUT2D eigenvalue weighted by Crippen LogP contribution is 2.18. The van der Waals surface area contributed by atoms with Gasteiger partial charge in [0.2, 0.25) is 0 Å². The summed E-state index contributed by atoms with van der Waals surface area (Å²) in [6.07, 6.45) is 1.61. The first-order valence-corrected chi connectivity index (χ1v) is 6.87. The van der Waals surface area contributed by atoms with Crippen molar-refractivity contribution in [3.05, 3.63) is 71.4 Å². The number of fused-ring (bicyclic) bond motifs is 1. The lowest BCUT2D eigenvalue weighted by atomic mass is 10.1. The molecular formula is C18H16N2O. The number of rotatable bonds is 2. The minimum atomic E-state index is -0.139. The van der Waals surface area contributed by atoms with Crippen LogP contribution in [0.1, 0.15) is 21.5 Å². The minimum Gasteiger partial charge on any atom is -0.322 e. The molecule has 0 radical (unpaired) electrons. The Morgan fingerprint density at radius 2 is 1.86 bits per heavy atom. The van der Waals surface area contributed by atoms with Gasteiger partial charge >= 0.3 is 0 Å². The number of aryl methyl sites for hydroxylation is 2. The molecule has 1 heterocycles. The maximum atomic E-state index is 12.3. The zero-order valence-corrected chi connectivity index (χ0v) is 12.1. The van der Waals surface area contributed by atoms with E-state index in [-0.39, 0.29) is 5.91 Å². The molecule has 0 saturated carbocycles. The molecule has 0 fully saturated rings. The summed E-state index contributed by atoms with van der Waals surface area (Å²) >= 11 is 0. The summed E-state index contributed by atoms with van der Waals surface area (Å²) in [5.74, 6) is -0.139. The summed E-state index contributed by atoms with van der Waals surface area (Å²) in [6, 6.07) is 15.6. The first-order chi connectivity index (χ1) is 10.1. The Hall–Kier alpha value is -2.68. The molecule has 0 aliphatic rings. The molecule has 1 amide bonds. The van der Waals surface area contributed by atoms with Crippen molar-refractivity contribution in [1.29, 1.82) is 0 Å². The van der Waals surface area contributed by atoms with Gasteiger partial charge in [0, 0.05) is 17.3 Å². The summed E-state index contributed by atoms with van der Waals surface area (Å²) in [7, 11) is 0. The fourth-order valence-corrected chi connectivity index (χ4v) is 2.34. The normalized spacial score (nSPS) is 10.6. The Bertz CT molecular complexity index is 824. The molecule has 3 rings (SSSR count). The third kappa shape index (κ3) is 2.77. The third-order valence-corrected chi connectivity index (χ3v) is 3.48. The van der Waals surface area contributed by atoms with Crippen LogP contribution < -0.4 is 5.32 Å². The molecule has 3 nitrogen and oxygen atoms in total. The van der Waals surface area contributed by atoms with Gasteiger partial charge in [-0.05, 0) is 37.6 Å². The highest BCUT2D eigenvalue weighted by Gasteiger charge is 2.09. The van der Waals surface area contributed by atoms with Crippen LogP contribution in [0.4, 0.5) is 5.69 Å². The second-order valence-electron chi connectivity index (χ2n) is 5.19. The smallest absolute Gasteiger partial charge is 0.257 e. The second kappa shape index (κ2) is 5.37. The van der Waals surface area contributed by atoms with Crippen LogP contribution in [0.25, 0.3) is 10.9 Å². The van der Waals surface area contributed by atoms with Crippen molar-refractivity contribution in [2.45, 2.75) is 13.8 Å². The molecule has 0 aliphatic carbocycles. The van der Waals surface area contributed by atoms with Gasteiger partial charge in [-0.1, -0.05) is 35.9 Å². The maximum absolute atomic E-state index is 12.3. The number of nitrogens with zero attached hydrogens (tertiary/aromatic N) is 1. The molecule has 3 heteroatoms. The van der Waals surface area contributed by atoms with Gasteiger partial charge in [-0.15, -0.1) is 0 Å². The van der Waals surface area contributed by atoms with Gasteiger partial charge in [-0.3, -0.25) is 9.78 Å². The van der Waals surface area contributed by atoms with E-state index in [9.17, 15) is 4.79 Å². The van der Waals surface area contributed by atoms with Crippen molar-refractivity contribution in [2.24, 2.45) is 0 Å². The van der Waals surface area contributed by atoms with Gasteiger partial charge in [-0.2, -0.15) is 0 Å². The summed E-state index contributed by atoms with van der Waals surface area (Å²) in [5.41, 5.74) is 4.52. The Balaban J connectivity index is 1.89. The van der Waals surface area contributed by atoms with Crippen molar-refractivity contribution in [1.82, 2.24) is 4.98 Å². The van der Waals surface area contributed by atoms with E-state index in [0.717, 1.165) is 22.2 Å². The quantitative estimate of drug-likeness (QED) is 0.765. The predicted octanol–water partition coefficient (Wildman–Crippen LogP) is 4.10. The van der Waals surface area contributed by atoms with Crippen molar-refractivity contribution >= 4 is 22.5 Å². The number of aromatic nitrogens is 1. The zero-order valence-electron chi connectivity index (χ0n) is 12.1. The van der Waals surface area contributed by atoms with E-state index in [1.807, 2.05) is 62.4 Å². The van der Waals surface area contributed by atoms with Gasteiger partial charge in [0.15, 0.2) is 0 Å². The molecule has 0 unspecified atom stereocenters. The molecule has 0 saturated heterocycles. The number of carbonyl (C=O) groups is 1. The van der Waals surface area contributed by atoms with E-state index >= 15 is 0 Å². The first kappa shape index (κ1) is 13.3. The topological polar surface area (TPSA) is 42.0 Å². The fraction of sp³-hybridized carbons (Fsp3) is 0.111. The number of hydrogen-bond acceptors (Lipinski definition) is 2. The molecular weight excluding hydrogens is 260 g/mol. The Morgan fingerprint density at radius 3 is 2.67 bits per heavy atom. The Morgan fingerprint density at radius 1 is 1.05 bits per heavy atom. The fourth-order valence-electron chi connectivity index (χ4n) is 2.34. The van der Waals surface area contributed by atoms with Crippen LogP contribution in [-0.4, -0.2) is 10.9 Å². The lowest BCUT2D eigenvalue weighted by molar-refractivity contribution is 0.102. The summed E-state index contributed by atoms with van der Waals surface area (Å²) in [6.45, 7) is 4.02. The SMILES string of the molecule is Cc1ccc(NC(=O)c2cnc3ccccc3c2)c(C)c1. The van der Waals surface area contributed by atoms with E-state index in [4.69, 9.17) is 0 Å². The number of anilines is 1. The van der Waals surface area contributed by atoms with Crippen LogP contribution in [0.2, 0.25) is 0 Å². The van der Waals surface area contributed by atoms with Gasteiger partial charge in [-0.25, -0.2) is 0 Å². The van der Waals surface area contributed by atoms with E-state index < -0.39 is 0 Å². The zero-order chi connectivity index (χ0) is 14.8. The molecule has 1 aromatic heterocycles. The summed E-state index contributed by atoms with van der Waals surface area (Å²) in [4.78, 5) is 16.7. The first-order valence-electron chi connectivity index (χ1n) is 6.87.